The van der Waals surface area contributed by atoms with Gasteiger partial charge in [-0.25, -0.2) is 0 Å². The van der Waals surface area contributed by atoms with Crippen LogP contribution < -0.4 is 5.32 Å². The molecule has 0 saturated carbocycles. The van der Waals surface area contributed by atoms with Crippen LogP contribution in [0.1, 0.15) is 38.8 Å². The van der Waals surface area contributed by atoms with Gasteiger partial charge < -0.3 is 5.32 Å². The standard InChI is InChI=1S/C16H24N2S/c1-5-12-8-7-9-13(6-2)15(12)18-16-17-14(10-19-16)11(3)4/h7-9,11,14H,5-6,10H2,1-4H3,(H,17,18). The smallest absolute Gasteiger partial charge is 0.161 e. The fraction of sp³-hybridized carbons (Fsp3) is 0.562. The summed E-state index contributed by atoms with van der Waals surface area (Å²) in [6, 6.07) is 7.04. The molecule has 0 aliphatic carbocycles. The Morgan fingerprint density at radius 3 is 2.37 bits per heavy atom. The first-order valence-corrected chi connectivity index (χ1v) is 8.22. The van der Waals surface area contributed by atoms with Gasteiger partial charge >= 0.3 is 0 Å². The van der Waals surface area contributed by atoms with E-state index in [9.17, 15) is 0 Å². The van der Waals surface area contributed by atoms with Crippen LogP contribution in [0, 0.1) is 5.92 Å². The van der Waals surface area contributed by atoms with Gasteiger partial charge in [0.2, 0.25) is 0 Å². The predicted molar refractivity (Wildman–Crippen MR) is 87.3 cm³/mol. The molecule has 1 aliphatic rings. The van der Waals surface area contributed by atoms with E-state index in [-0.39, 0.29) is 0 Å². The largest absolute Gasteiger partial charge is 0.335 e. The van der Waals surface area contributed by atoms with Crippen molar-refractivity contribution in [1.82, 2.24) is 0 Å². The summed E-state index contributed by atoms with van der Waals surface area (Å²) in [6.45, 7) is 8.91. The van der Waals surface area contributed by atoms with E-state index in [4.69, 9.17) is 4.99 Å². The van der Waals surface area contributed by atoms with E-state index in [1.54, 1.807) is 0 Å². The third-order valence-corrected chi connectivity index (χ3v) is 4.66. The average molecular weight is 276 g/mol. The highest BCUT2D eigenvalue weighted by molar-refractivity contribution is 8.14. The predicted octanol–water partition coefficient (Wildman–Crippen LogP) is 4.35. The topological polar surface area (TPSA) is 24.4 Å². The van der Waals surface area contributed by atoms with Crippen LogP contribution in [0.4, 0.5) is 5.69 Å². The molecule has 1 aliphatic heterocycles. The molecule has 0 aromatic heterocycles. The second-order valence-corrected chi connectivity index (χ2v) is 6.35. The van der Waals surface area contributed by atoms with Crippen LogP contribution in [0.5, 0.6) is 0 Å². The van der Waals surface area contributed by atoms with Crippen LogP contribution in [-0.4, -0.2) is 17.0 Å². The maximum absolute atomic E-state index is 4.80. The lowest BCUT2D eigenvalue weighted by Crippen LogP contribution is -2.12. The van der Waals surface area contributed by atoms with Crippen LogP contribution in [0.2, 0.25) is 0 Å². The van der Waals surface area contributed by atoms with Gasteiger partial charge in [0.25, 0.3) is 0 Å². The normalized spacial score (nSPS) is 18.8. The van der Waals surface area contributed by atoms with E-state index in [1.807, 2.05) is 11.8 Å². The number of hydrogen-bond donors (Lipinski definition) is 1. The number of thioether (sulfide) groups is 1. The minimum Gasteiger partial charge on any atom is -0.335 e. The summed E-state index contributed by atoms with van der Waals surface area (Å²) in [5.41, 5.74) is 4.05. The summed E-state index contributed by atoms with van der Waals surface area (Å²) < 4.78 is 0. The Labute approximate surface area is 121 Å². The van der Waals surface area contributed by atoms with E-state index in [1.165, 1.54) is 16.8 Å². The second-order valence-electron chi connectivity index (χ2n) is 5.34. The third-order valence-electron chi connectivity index (χ3n) is 3.67. The van der Waals surface area contributed by atoms with Gasteiger partial charge in [-0.1, -0.05) is 57.7 Å². The van der Waals surface area contributed by atoms with Gasteiger partial charge in [0.1, 0.15) is 0 Å². The summed E-state index contributed by atoms with van der Waals surface area (Å²) in [5.74, 6) is 1.73. The molecule has 2 nitrogen and oxygen atoms in total. The lowest BCUT2D eigenvalue weighted by molar-refractivity contribution is 0.543. The highest BCUT2D eigenvalue weighted by atomic mass is 32.2. The monoisotopic (exact) mass is 276 g/mol. The van der Waals surface area contributed by atoms with Crippen LogP contribution >= 0.6 is 11.8 Å². The van der Waals surface area contributed by atoms with Crippen molar-refractivity contribution >= 4 is 22.6 Å². The SMILES string of the molecule is CCc1cccc(CC)c1NC1=NC(C(C)C)CS1. The fourth-order valence-electron chi connectivity index (χ4n) is 2.31. The zero-order valence-corrected chi connectivity index (χ0v) is 13.2. The Kier molecular flexibility index (Phi) is 4.92. The Bertz CT molecular complexity index is 444. The Balaban J connectivity index is 2.22. The quantitative estimate of drug-likeness (QED) is 0.884. The van der Waals surface area contributed by atoms with Gasteiger partial charge in [-0.2, -0.15) is 0 Å². The number of aliphatic imine (C=N–C) groups is 1. The molecule has 0 fully saturated rings. The molecule has 1 aromatic rings. The molecule has 0 bridgehead atoms. The third kappa shape index (κ3) is 3.33. The molecule has 1 unspecified atom stereocenters. The van der Waals surface area contributed by atoms with E-state index in [0.717, 1.165) is 23.8 Å². The van der Waals surface area contributed by atoms with E-state index < -0.39 is 0 Å². The fourth-order valence-corrected chi connectivity index (χ4v) is 3.48. The van der Waals surface area contributed by atoms with Crippen molar-refractivity contribution in [2.75, 3.05) is 11.1 Å². The van der Waals surface area contributed by atoms with Crippen LogP contribution in [0.25, 0.3) is 0 Å². The highest BCUT2D eigenvalue weighted by Crippen LogP contribution is 2.28. The molecular weight excluding hydrogens is 252 g/mol. The maximum atomic E-state index is 4.80. The molecule has 1 heterocycles. The van der Waals surface area contributed by atoms with Crippen molar-refractivity contribution in [2.45, 2.75) is 46.6 Å². The number of anilines is 1. The molecule has 19 heavy (non-hydrogen) atoms. The molecule has 2 rings (SSSR count). The number of hydrogen-bond acceptors (Lipinski definition) is 3. The second kappa shape index (κ2) is 6.47. The van der Waals surface area contributed by atoms with E-state index >= 15 is 0 Å². The van der Waals surface area contributed by atoms with Crippen LogP contribution in [0.15, 0.2) is 23.2 Å². The van der Waals surface area contributed by atoms with Crippen molar-refractivity contribution in [3.63, 3.8) is 0 Å². The minimum atomic E-state index is 0.464. The molecule has 1 aromatic carbocycles. The van der Waals surface area contributed by atoms with Crippen molar-refractivity contribution in [3.05, 3.63) is 29.3 Å². The number of aryl methyl sites for hydroxylation is 2. The van der Waals surface area contributed by atoms with Crippen molar-refractivity contribution in [3.8, 4) is 0 Å². The summed E-state index contributed by atoms with van der Waals surface area (Å²) in [6.07, 6.45) is 2.11. The Hall–Kier alpha value is -0.960. The molecule has 3 heteroatoms. The first-order valence-electron chi connectivity index (χ1n) is 7.24. The Morgan fingerprint density at radius 2 is 1.89 bits per heavy atom. The minimum absolute atomic E-state index is 0.464. The number of rotatable bonds is 4. The zero-order chi connectivity index (χ0) is 13.8. The number of benzene rings is 1. The first-order chi connectivity index (χ1) is 9.15. The summed E-state index contributed by atoms with van der Waals surface area (Å²) in [7, 11) is 0. The molecule has 1 N–H and O–H groups in total. The molecule has 0 spiro atoms. The van der Waals surface area contributed by atoms with Gasteiger partial charge in [0.05, 0.1) is 6.04 Å². The van der Waals surface area contributed by atoms with Gasteiger partial charge in [-0.05, 0) is 29.9 Å². The van der Waals surface area contributed by atoms with E-state index in [2.05, 4.69) is 51.2 Å². The highest BCUT2D eigenvalue weighted by Gasteiger charge is 2.22. The van der Waals surface area contributed by atoms with E-state index in [0.29, 0.717) is 12.0 Å². The molecule has 104 valence electrons. The Morgan fingerprint density at radius 1 is 1.26 bits per heavy atom. The number of amidine groups is 1. The lowest BCUT2D eigenvalue weighted by atomic mass is 10.0. The van der Waals surface area contributed by atoms with Gasteiger partial charge in [-0.15, -0.1) is 0 Å². The summed E-state index contributed by atoms with van der Waals surface area (Å²) in [4.78, 5) is 4.80. The number of para-hydroxylation sites is 1. The molecule has 1 atom stereocenters. The zero-order valence-electron chi connectivity index (χ0n) is 12.4. The van der Waals surface area contributed by atoms with Gasteiger partial charge in [0, 0.05) is 11.4 Å². The first kappa shape index (κ1) is 14.4. The average Bonchev–Trinajstić information content (AvgIpc) is 2.87. The van der Waals surface area contributed by atoms with Crippen LogP contribution in [-0.2, 0) is 12.8 Å². The number of nitrogens with one attached hydrogen (secondary N) is 1. The van der Waals surface area contributed by atoms with Crippen molar-refractivity contribution < 1.29 is 0 Å². The van der Waals surface area contributed by atoms with Crippen molar-refractivity contribution in [1.29, 1.82) is 0 Å². The summed E-state index contributed by atoms with van der Waals surface area (Å²) in [5, 5.41) is 4.67. The van der Waals surface area contributed by atoms with Gasteiger partial charge in [-0.3, -0.25) is 4.99 Å². The molecule has 0 radical (unpaired) electrons. The molecule has 0 saturated heterocycles. The van der Waals surface area contributed by atoms with Crippen molar-refractivity contribution in [2.24, 2.45) is 10.9 Å². The lowest BCUT2D eigenvalue weighted by Gasteiger charge is -2.14. The van der Waals surface area contributed by atoms with Crippen LogP contribution in [0.3, 0.4) is 0 Å². The molecular formula is C16H24N2S. The maximum Gasteiger partial charge on any atom is 0.161 e. The number of nitrogens with zero attached hydrogens (tertiary/aromatic N) is 1. The summed E-state index contributed by atoms with van der Waals surface area (Å²) >= 11 is 1.85. The van der Waals surface area contributed by atoms with Gasteiger partial charge in [0.15, 0.2) is 5.17 Å². The molecule has 0 amide bonds.